The van der Waals surface area contributed by atoms with Crippen molar-refractivity contribution in [3.05, 3.63) is 66.4 Å². The second kappa shape index (κ2) is 6.67. The van der Waals surface area contributed by atoms with Crippen molar-refractivity contribution in [1.82, 2.24) is 10.2 Å². The summed E-state index contributed by atoms with van der Waals surface area (Å²) in [7, 11) is 0. The van der Waals surface area contributed by atoms with Crippen molar-refractivity contribution in [2.24, 2.45) is 0 Å². The lowest BCUT2D eigenvalue weighted by atomic mass is 9.89. The number of carbonyl (C=O) groups excluding carboxylic acids is 1. The standard InChI is InChI=1S/C21H22N4O/c1-14-12-20(23-17-6-4-3-5-7-17)18-13-16(19-10-11-22-24-19)8-9-21(18)25(14)15(2)26/h3-11,13-14,20,23H,12H2,1-2H3,(H,22,24). The second-order valence-corrected chi connectivity index (χ2v) is 6.77. The Morgan fingerprint density at radius 3 is 2.69 bits per heavy atom. The van der Waals surface area contributed by atoms with Crippen LogP contribution in [0.15, 0.2) is 60.8 Å². The Morgan fingerprint density at radius 2 is 2.00 bits per heavy atom. The van der Waals surface area contributed by atoms with Crippen LogP contribution in [0.25, 0.3) is 11.3 Å². The second-order valence-electron chi connectivity index (χ2n) is 6.77. The van der Waals surface area contributed by atoms with Crippen molar-refractivity contribution < 1.29 is 4.79 Å². The molecule has 2 aromatic carbocycles. The summed E-state index contributed by atoms with van der Waals surface area (Å²) < 4.78 is 0. The molecule has 0 aliphatic carbocycles. The molecule has 2 N–H and O–H groups in total. The van der Waals surface area contributed by atoms with E-state index in [-0.39, 0.29) is 18.0 Å². The van der Waals surface area contributed by atoms with Crippen molar-refractivity contribution in [3.63, 3.8) is 0 Å². The molecular weight excluding hydrogens is 324 g/mol. The van der Waals surface area contributed by atoms with Gasteiger partial charge in [-0.1, -0.05) is 24.3 Å². The number of hydrogen-bond donors (Lipinski definition) is 2. The number of nitrogens with one attached hydrogen (secondary N) is 2. The molecule has 0 radical (unpaired) electrons. The van der Waals surface area contributed by atoms with E-state index in [2.05, 4.69) is 40.6 Å². The van der Waals surface area contributed by atoms with Crippen LogP contribution in [0.2, 0.25) is 0 Å². The first kappa shape index (κ1) is 16.4. The highest BCUT2D eigenvalue weighted by molar-refractivity contribution is 5.94. The summed E-state index contributed by atoms with van der Waals surface area (Å²) in [6, 6.07) is 18.6. The Balaban J connectivity index is 1.78. The van der Waals surface area contributed by atoms with E-state index in [9.17, 15) is 4.79 Å². The smallest absolute Gasteiger partial charge is 0.224 e. The Morgan fingerprint density at radius 1 is 1.19 bits per heavy atom. The number of benzene rings is 2. The fraction of sp³-hybridized carbons (Fsp3) is 0.238. The lowest BCUT2D eigenvalue weighted by molar-refractivity contribution is -0.117. The third kappa shape index (κ3) is 2.96. The summed E-state index contributed by atoms with van der Waals surface area (Å²) in [5.41, 5.74) is 5.13. The fourth-order valence-electron chi connectivity index (χ4n) is 3.80. The Bertz CT molecular complexity index is 905. The molecule has 5 heteroatoms. The molecule has 0 bridgehead atoms. The number of nitrogens with zero attached hydrogens (tertiary/aromatic N) is 2. The molecule has 0 spiro atoms. The number of anilines is 2. The van der Waals surface area contributed by atoms with Gasteiger partial charge >= 0.3 is 0 Å². The molecule has 26 heavy (non-hydrogen) atoms. The van der Waals surface area contributed by atoms with Crippen LogP contribution in [0.5, 0.6) is 0 Å². The van der Waals surface area contributed by atoms with Gasteiger partial charge in [-0.15, -0.1) is 0 Å². The number of hydrogen-bond acceptors (Lipinski definition) is 3. The van der Waals surface area contributed by atoms with Crippen LogP contribution in [0.3, 0.4) is 0 Å². The van der Waals surface area contributed by atoms with Gasteiger partial charge in [0.05, 0.1) is 11.7 Å². The van der Waals surface area contributed by atoms with Crippen LogP contribution in [0, 0.1) is 0 Å². The first-order chi connectivity index (χ1) is 12.6. The predicted octanol–water partition coefficient (Wildman–Crippen LogP) is 4.38. The zero-order valence-corrected chi connectivity index (χ0v) is 14.9. The number of aromatic amines is 1. The predicted molar refractivity (Wildman–Crippen MR) is 104 cm³/mol. The minimum Gasteiger partial charge on any atom is -0.378 e. The Labute approximate surface area is 153 Å². The molecule has 3 aromatic rings. The normalized spacial score (nSPS) is 19.1. The van der Waals surface area contributed by atoms with Crippen molar-refractivity contribution >= 4 is 17.3 Å². The molecule has 0 fully saturated rings. The van der Waals surface area contributed by atoms with Gasteiger partial charge in [0.15, 0.2) is 0 Å². The first-order valence-electron chi connectivity index (χ1n) is 8.89. The Hall–Kier alpha value is -3.08. The van der Waals surface area contributed by atoms with Gasteiger partial charge in [-0.05, 0) is 49.2 Å². The minimum atomic E-state index is 0.0735. The molecule has 2 unspecified atom stereocenters. The van der Waals surface area contributed by atoms with Crippen molar-refractivity contribution in [1.29, 1.82) is 0 Å². The van der Waals surface area contributed by atoms with Crippen LogP contribution in [0.4, 0.5) is 11.4 Å². The third-order valence-corrected chi connectivity index (χ3v) is 4.93. The monoisotopic (exact) mass is 346 g/mol. The van der Waals surface area contributed by atoms with Crippen LogP contribution in [-0.2, 0) is 4.79 Å². The van der Waals surface area contributed by atoms with Crippen LogP contribution in [-0.4, -0.2) is 22.1 Å². The van der Waals surface area contributed by atoms with Gasteiger partial charge in [0.25, 0.3) is 0 Å². The highest BCUT2D eigenvalue weighted by Gasteiger charge is 2.32. The molecule has 132 valence electrons. The van der Waals surface area contributed by atoms with E-state index in [1.807, 2.05) is 47.5 Å². The molecule has 1 aliphatic rings. The summed E-state index contributed by atoms with van der Waals surface area (Å²) in [6.07, 6.45) is 2.67. The van der Waals surface area contributed by atoms with E-state index >= 15 is 0 Å². The van der Waals surface area contributed by atoms with Gasteiger partial charge < -0.3 is 10.2 Å². The summed E-state index contributed by atoms with van der Waals surface area (Å²) in [5.74, 6) is 0.0735. The highest BCUT2D eigenvalue weighted by Crippen LogP contribution is 2.40. The van der Waals surface area contributed by atoms with Gasteiger partial charge in [0, 0.05) is 36.1 Å². The summed E-state index contributed by atoms with van der Waals surface area (Å²) >= 11 is 0. The van der Waals surface area contributed by atoms with Gasteiger partial charge in [-0.3, -0.25) is 9.89 Å². The van der Waals surface area contributed by atoms with E-state index in [4.69, 9.17) is 0 Å². The zero-order chi connectivity index (χ0) is 18.1. The fourth-order valence-corrected chi connectivity index (χ4v) is 3.80. The quantitative estimate of drug-likeness (QED) is 0.740. The lowest BCUT2D eigenvalue weighted by Gasteiger charge is -2.39. The number of amides is 1. The maximum absolute atomic E-state index is 12.2. The maximum atomic E-state index is 12.2. The van der Waals surface area contributed by atoms with Gasteiger partial charge in [-0.2, -0.15) is 5.10 Å². The van der Waals surface area contributed by atoms with Crippen LogP contribution < -0.4 is 10.2 Å². The van der Waals surface area contributed by atoms with Crippen molar-refractivity contribution in [3.8, 4) is 11.3 Å². The first-order valence-corrected chi connectivity index (χ1v) is 8.89. The summed E-state index contributed by atoms with van der Waals surface area (Å²) in [4.78, 5) is 14.1. The molecule has 5 nitrogen and oxygen atoms in total. The van der Waals surface area contributed by atoms with Crippen molar-refractivity contribution in [2.75, 3.05) is 10.2 Å². The number of para-hydroxylation sites is 1. The molecule has 4 rings (SSSR count). The molecule has 1 aromatic heterocycles. The molecule has 1 amide bonds. The SMILES string of the molecule is CC(=O)N1c2ccc(-c3cc[nH]n3)cc2C(Nc2ccccc2)CC1C. The molecule has 0 saturated carbocycles. The Kier molecular flexibility index (Phi) is 4.21. The van der Waals surface area contributed by atoms with E-state index in [1.165, 1.54) is 0 Å². The van der Waals surface area contributed by atoms with E-state index < -0.39 is 0 Å². The van der Waals surface area contributed by atoms with Gasteiger partial charge in [-0.25, -0.2) is 0 Å². The van der Waals surface area contributed by atoms with E-state index in [1.54, 1.807) is 6.92 Å². The number of H-pyrrole nitrogens is 1. The maximum Gasteiger partial charge on any atom is 0.224 e. The summed E-state index contributed by atoms with van der Waals surface area (Å²) in [6.45, 7) is 3.73. The lowest BCUT2D eigenvalue weighted by Crippen LogP contribution is -2.43. The average Bonchev–Trinajstić information content (AvgIpc) is 3.16. The molecule has 0 saturated heterocycles. The largest absolute Gasteiger partial charge is 0.378 e. The number of carbonyl (C=O) groups is 1. The number of rotatable bonds is 3. The highest BCUT2D eigenvalue weighted by atomic mass is 16.2. The van der Waals surface area contributed by atoms with E-state index in [0.717, 1.165) is 34.6 Å². The van der Waals surface area contributed by atoms with Crippen LogP contribution in [0.1, 0.15) is 31.9 Å². The van der Waals surface area contributed by atoms with Gasteiger partial charge in [0.2, 0.25) is 5.91 Å². The summed E-state index contributed by atoms with van der Waals surface area (Å²) in [5, 5.41) is 10.8. The number of fused-ring (bicyclic) bond motifs is 1. The van der Waals surface area contributed by atoms with Gasteiger partial charge in [0.1, 0.15) is 0 Å². The average molecular weight is 346 g/mol. The molecule has 2 atom stereocenters. The zero-order valence-electron chi connectivity index (χ0n) is 14.9. The minimum absolute atomic E-state index is 0.0735. The molecule has 1 aliphatic heterocycles. The topological polar surface area (TPSA) is 61.0 Å². The number of aromatic nitrogens is 2. The van der Waals surface area contributed by atoms with Crippen molar-refractivity contribution in [2.45, 2.75) is 32.4 Å². The molecular formula is C21H22N4O. The third-order valence-electron chi connectivity index (χ3n) is 4.93. The van der Waals surface area contributed by atoms with E-state index in [0.29, 0.717) is 0 Å². The molecule has 2 heterocycles. The van der Waals surface area contributed by atoms with Crippen LogP contribution >= 0.6 is 0 Å².